The van der Waals surface area contributed by atoms with Crippen LogP contribution in [0.2, 0.25) is 0 Å². The summed E-state index contributed by atoms with van der Waals surface area (Å²) in [6, 6.07) is 12.5. The van der Waals surface area contributed by atoms with Gasteiger partial charge in [-0.2, -0.15) is 0 Å². The predicted molar refractivity (Wildman–Crippen MR) is 105 cm³/mol. The molecule has 0 aliphatic heterocycles. The zero-order valence-electron chi connectivity index (χ0n) is 16.0. The van der Waals surface area contributed by atoms with Crippen LogP contribution in [0.15, 0.2) is 42.5 Å². The van der Waals surface area contributed by atoms with E-state index in [0.717, 1.165) is 16.8 Å². The highest BCUT2D eigenvalue weighted by Gasteiger charge is 2.20. The molecule has 142 valence electrons. The Morgan fingerprint density at radius 1 is 1.04 bits per heavy atom. The number of ether oxygens (including phenoxy) is 1. The van der Waals surface area contributed by atoms with E-state index in [2.05, 4.69) is 5.32 Å². The fraction of sp³-hybridized carbons (Fsp3) is 0.286. The topological polar surface area (TPSA) is 75.7 Å². The zero-order chi connectivity index (χ0) is 20.0. The van der Waals surface area contributed by atoms with Gasteiger partial charge in [-0.1, -0.05) is 18.2 Å². The summed E-state index contributed by atoms with van der Waals surface area (Å²) in [5.74, 6) is -0.996. The molecule has 2 amide bonds. The van der Waals surface area contributed by atoms with Crippen LogP contribution in [0.5, 0.6) is 0 Å². The van der Waals surface area contributed by atoms with Gasteiger partial charge >= 0.3 is 5.97 Å². The van der Waals surface area contributed by atoms with Crippen molar-refractivity contribution in [2.75, 3.05) is 23.9 Å². The second kappa shape index (κ2) is 8.98. The van der Waals surface area contributed by atoms with Gasteiger partial charge in [0.15, 0.2) is 0 Å². The van der Waals surface area contributed by atoms with Gasteiger partial charge in [0.1, 0.15) is 0 Å². The molecule has 0 bridgehead atoms. The molecule has 0 spiro atoms. The molecule has 0 atom stereocenters. The van der Waals surface area contributed by atoms with Gasteiger partial charge in [-0.3, -0.25) is 9.59 Å². The number of hydrogen-bond acceptors (Lipinski definition) is 4. The van der Waals surface area contributed by atoms with E-state index in [0.29, 0.717) is 5.69 Å². The Labute approximate surface area is 159 Å². The van der Waals surface area contributed by atoms with Crippen molar-refractivity contribution in [1.82, 2.24) is 0 Å². The Morgan fingerprint density at radius 2 is 1.67 bits per heavy atom. The SMILES string of the molecule is COC(=O)c1ccccc1N(CCC(=O)Nc1cc(C)cc(C)c1)C(C)=O. The molecule has 2 aromatic rings. The van der Waals surface area contributed by atoms with Gasteiger partial charge in [-0.15, -0.1) is 0 Å². The lowest BCUT2D eigenvalue weighted by atomic mass is 10.1. The Hall–Kier alpha value is -3.15. The number of nitrogens with zero attached hydrogens (tertiary/aromatic N) is 1. The lowest BCUT2D eigenvalue weighted by Gasteiger charge is -2.23. The van der Waals surface area contributed by atoms with Crippen LogP contribution in [0.25, 0.3) is 0 Å². The Kier molecular flexibility index (Phi) is 6.71. The van der Waals surface area contributed by atoms with Gasteiger partial charge in [-0.25, -0.2) is 4.79 Å². The van der Waals surface area contributed by atoms with Crippen molar-refractivity contribution in [3.05, 3.63) is 59.2 Å². The number of esters is 1. The summed E-state index contributed by atoms with van der Waals surface area (Å²) in [6.07, 6.45) is 0.0993. The molecule has 0 aliphatic rings. The fourth-order valence-corrected chi connectivity index (χ4v) is 2.92. The molecule has 0 saturated carbocycles. The molecule has 27 heavy (non-hydrogen) atoms. The van der Waals surface area contributed by atoms with Gasteiger partial charge < -0.3 is 15.0 Å². The van der Waals surface area contributed by atoms with Crippen LogP contribution in [-0.2, 0) is 14.3 Å². The molecule has 0 radical (unpaired) electrons. The molecular weight excluding hydrogens is 344 g/mol. The Bertz CT molecular complexity index is 841. The van der Waals surface area contributed by atoms with E-state index in [4.69, 9.17) is 4.74 Å². The van der Waals surface area contributed by atoms with Crippen molar-refractivity contribution >= 4 is 29.2 Å². The molecule has 0 fully saturated rings. The molecule has 2 rings (SSSR count). The summed E-state index contributed by atoms with van der Waals surface area (Å²) >= 11 is 0. The number of amides is 2. The number of aryl methyl sites for hydroxylation is 2. The van der Waals surface area contributed by atoms with Crippen LogP contribution in [-0.4, -0.2) is 31.4 Å². The number of anilines is 2. The molecule has 6 heteroatoms. The maximum atomic E-state index is 12.3. The van der Waals surface area contributed by atoms with Crippen LogP contribution in [0.3, 0.4) is 0 Å². The summed E-state index contributed by atoms with van der Waals surface area (Å²) in [6.45, 7) is 5.48. The summed E-state index contributed by atoms with van der Waals surface area (Å²) in [7, 11) is 1.29. The first-order chi connectivity index (χ1) is 12.8. The van der Waals surface area contributed by atoms with Gasteiger partial charge in [0.05, 0.1) is 18.4 Å². The molecule has 2 aromatic carbocycles. The summed E-state index contributed by atoms with van der Waals surface area (Å²) in [5, 5.41) is 2.85. The third-order valence-electron chi connectivity index (χ3n) is 4.05. The second-order valence-electron chi connectivity index (χ2n) is 6.35. The van der Waals surface area contributed by atoms with Gasteiger partial charge in [0.25, 0.3) is 0 Å². The maximum absolute atomic E-state index is 12.3. The van der Waals surface area contributed by atoms with E-state index in [1.54, 1.807) is 24.3 Å². The van der Waals surface area contributed by atoms with E-state index < -0.39 is 5.97 Å². The smallest absolute Gasteiger partial charge is 0.339 e. The van der Waals surface area contributed by atoms with Crippen LogP contribution in [0.1, 0.15) is 34.8 Å². The van der Waals surface area contributed by atoms with E-state index in [9.17, 15) is 14.4 Å². The highest BCUT2D eigenvalue weighted by Crippen LogP contribution is 2.22. The largest absolute Gasteiger partial charge is 0.465 e. The Morgan fingerprint density at radius 3 is 2.26 bits per heavy atom. The van der Waals surface area contributed by atoms with Crippen molar-refractivity contribution in [2.24, 2.45) is 0 Å². The highest BCUT2D eigenvalue weighted by molar-refractivity contribution is 6.02. The van der Waals surface area contributed by atoms with Crippen LogP contribution >= 0.6 is 0 Å². The number of nitrogens with one attached hydrogen (secondary N) is 1. The van der Waals surface area contributed by atoms with E-state index in [1.807, 2.05) is 32.0 Å². The number of rotatable bonds is 6. The minimum absolute atomic E-state index is 0.0993. The van der Waals surface area contributed by atoms with Crippen molar-refractivity contribution in [3.8, 4) is 0 Å². The van der Waals surface area contributed by atoms with Gasteiger partial charge in [0, 0.05) is 25.6 Å². The molecule has 0 aromatic heterocycles. The monoisotopic (exact) mass is 368 g/mol. The first kappa shape index (κ1) is 20.2. The third kappa shape index (κ3) is 5.41. The third-order valence-corrected chi connectivity index (χ3v) is 4.05. The number of carbonyl (C=O) groups is 3. The minimum Gasteiger partial charge on any atom is -0.465 e. The number of benzene rings is 2. The van der Waals surface area contributed by atoms with Gasteiger partial charge in [0.2, 0.25) is 11.8 Å². The predicted octanol–water partition coefficient (Wildman–Crippen LogP) is 3.47. The molecule has 6 nitrogen and oxygen atoms in total. The highest BCUT2D eigenvalue weighted by atomic mass is 16.5. The molecular formula is C21H24N2O4. The average Bonchev–Trinajstić information content (AvgIpc) is 2.60. The van der Waals surface area contributed by atoms with Crippen LogP contribution in [0, 0.1) is 13.8 Å². The molecule has 0 unspecified atom stereocenters. The first-order valence-electron chi connectivity index (χ1n) is 8.65. The number of hydrogen-bond donors (Lipinski definition) is 1. The van der Waals surface area contributed by atoms with Crippen molar-refractivity contribution in [1.29, 1.82) is 0 Å². The quantitative estimate of drug-likeness (QED) is 0.792. The van der Waals surface area contributed by atoms with E-state index >= 15 is 0 Å². The second-order valence-corrected chi connectivity index (χ2v) is 6.35. The summed E-state index contributed by atoms with van der Waals surface area (Å²) in [5.41, 5.74) is 3.55. The van der Waals surface area contributed by atoms with Crippen molar-refractivity contribution in [3.63, 3.8) is 0 Å². The summed E-state index contributed by atoms with van der Waals surface area (Å²) in [4.78, 5) is 37.8. The van der Waals surface area contributed by atoms with E-state index in [-0.39, 0.29) is 30.3 Å². The molecule has 0 heterocycles. The lowest BCUT2D eigenvalue weighted by Crippen LogP contribution is -2.33. The standard InChI is InChI=1S/C21H24N2O4/c1-14-11-15(2)13-17(12-14)22-20(25)9-10-23(16(3)24)19-8-6-5-7-18(19)21(26)27-4/h5-8,11-13H,9-10H2,1-4H3,(H,22,25). The molecule has 1 N–H and O–H groups in total. The lowest BCUT2D eigenvalue weighted by molar-refractivity contribution is -0.117. The Balaban J connectivity index is 2.12. The summed E-state index contributed by atoms with van der Waals surface area (Å²) < 4.78 is 4.78. The fourth-order valence-electron chi connectivity index (χ4n) is 2.92. The van der Waals surface area contributed by atoms with Crippen LogP contribution < -0.4 is 10.2 Å². The molecule has 0 aliphatic carbocycles. The number of carbonyl (C=O) groups excluding carboxylic acids is 3. The van der Waals surface area contributed by atoms with Crippen LogP contribution in [0.4, 0.5) is 11.4 Å². The number of methoxy groups -OCH3 is 1. The average molecular weight is 368 g/mol. The molecule has 0 saturated heterocycles. The van der Waals surface area contributed by atoms with Crippen molar-refractivity contribution in [2.45, 2.75) is 27.2 Å². The minimum atomic E-state index is -0.531. The van der Waals surface area contributed by atoms with E-state index in [1.165, 1.54) is 18.9 Å². The van der Waals surface area contributed by atoms with Crippen molar-refractivity contribution < 1.29 is 19.1 Å². The first-order valence-corrected chi connectivity index (χ1v) is 8.65. The van der Waals surface area contributed by atoms with Gasteiger partial charge in [-0.05, 0) is 49.2 Å². The normalized spacial score (nSPS) is 10.2. The zero-order valence-corrected chi connectivity index (χ0v) is 16.0. The number of para-hydroxylation sites is 1. The maximum Gasteiger partial charge on any atom is 0.339 e.